The quantitative estimate of drug-likeness (QED) is 0.719. The Bertz CT molecular complexity index is 303. The molecule has 0 aliphatic rings. The Labute approximate surface area is 106 Å². The summed E-state index contributed by atoms with van der Waals surface area (Å²) >= 11 is 0. The zero-order valence-electron chi connectivity index (χ0n) is 11.6. The first-order chi connectivity index (χ1) is 8.08. The minimum atomic E-state index is 0.578. The third-order valence-electron chi connectivity index (χ3n) is 2.58. The zero-order chi connectivity index (χ0) is 12.7. The van der Waals surface area contributed by atoms with Crippen molar-refractivity contribution in [3.63, 3.8) is 0 Å². The van der Waals surface area contributed by atoms with Crippen LogP contribution in [0.15, 0.2) is 24.3 Å². The summed E-state index contributed by atoms with van der Waals surface area (Å²) in [4.78, 5) is 2.22. The van der Waals surface area contributed by atoms with Crippen LogP contribution in [0, 0.1) is 5.92 Å². The Balaban J connectivity index is 2.34. The Morgan fingerprint density at radius 2 is 1.76 bits per heavy atom. The number of benzene rings is 1. The molecule has 0 atom stereocenters. The zero-order valence-corrected chi connectivity index (χ0v) is 11.6. The van der Waals surface area contributed by atoms with Gasteiger partial charge >= 0.3 is 0 Å². The number of rotatable bonds is 7. The molecule has 1 aromatic rings. The summed E-state index contributed by atoms with van der Waals surface area (Å²) in [7, 11) is 4.23. The Morgan fingerprint density at radius 3 is 2.29 bits per heavy atom. The SMILES string of the molecule is CC(C)COc1ccc(CCCN(C)C)cc1. The molecule has 0 aliphatic carbocycles. The Hall–Kier alpha value is -1.02. The van der Waals surface area contributed by atoms with Gasteiger partial charge < -0.3 is 9.64 Å². The molecule has 1 rings (SSSR count). The highest BCUT2D eigenvalue weighted by atomic mass is 16.5. The maximum Gasteiger partial charge on any atom is 0.119 e. The summed E-state index contributed by atoms with van der Waals surface area (Å²) in [5.41, 5.74) is 1.39. The van der Waals surface area contributed by atoms with Crippen LogP contribution in [-0.4, -0.2) is 32.1 Å². The molecule has 0 spiro atoms. The summed E-state index contributed by atoms with van der Waals surface area (Å²) in [6.45, 7) is 6.26. The molecule has 0 fully saturated rings. The molecule has 0 N–H and O–H groups in total. The lowest BCUT2D eigenvalue weighted by Crippen LogP contribution is -2.13. The second-order valence-corrected chi connectivity index (χ2v) is 5.26. The van der Waals surface area contributed by atoms with E-state index in [1.807, 2.05) is 0 Å². The van der Waals surface area contributed by atoms with E-state index >= 15 is 0 Å². The van der Waals surface area contributed by atoms with Gasteiger partial charge in [-0.05, 0) is 57.1 Å². The number of nitrogens with zero attached hydrogens (tertiary/aromatic N) is 1. The highest BCUT2D eigenvalue weighted by Crippen LogP contribution is 2.14. The summed E-state index contributed by atoms with van der Waals surface area (Å²) in [5.74, 6) is 1.56. The largest absolute Gasteiger partial charge is 0.493 e. The van der Waals surface area contributed by atoms with Crippen molar-refractivity contribution in [1.82, 2.24) is 4.90 Å². The van der Waals surface area contributed by atoms with Crippen molar-refractivity contribution in [3.05, 3.63) is 29.8 Å². The second kappa shape index (κ2) is 7.33. The maximum atomic E-state index is 5.66. The fourth-order valence-electron chi connectivity index (χ4n) is 1.61. The van der Waals surface area contributed by atoms with Crippen LogP contribution in [0.5, 0.6) is 5.75 Å². The fourth-order valence-corrected chi connectivity index (χ4v) is 1.61. The monoisotopic (exact) mass is 235 g/mol. The highest BCUT2D eigenvalue weighted by molar-refractivity contribution is 5.27. The van der Waals surface area contributed by atoms with Gasteiger partial charge in [-0.3, -0.25) is 0 Å². The molecular formula is C15H25NO. The minimum Gasteiger partial charge on any atom is -0.493 e. The first-order valence-corrected chi connectivity index (χ1v) is 6.44. The van der Waals surface area contributed by atoms with E-state index in [0.717, 1.165) is 25.3 Å². The molecule has 1 aromatic carbocycles. The molecule has 0 saturated carbocycles. The van der Waals surface area contributed by atoms with Crippen LogP contribution < -0.4 is 4.74 Å². The molecule has 17 heavy (non-hydrogen) atoms. The third-order valence-corrected chi connectivity index (χ3v) is 2.58. The molecule has 0 aliphatic heterocycles. The molecule has 0 saturated heterocycles. The second-order valence-electron chi connectivity index (χ2n) is 5.26. The molecule has 0 unspecified atom stereocenters. The lowest BCUT2D eigenvalue weighted by Gasteiger charge is -2.10. The third kappa shape index (κ3) is 6.32. The van der Waals surface area contributed by atoms with Gasteiger partial charge in [0.1, 0.15) is 5.75 Å². The average Bonchev–Trinajstić information content (AvgIpc) is 2.27. The van der Waals surface area contributed by atoms with Crippen LogP contribution >= 0.6 is 0 Å². The van der Waals surface area contributed by atoms with Gasteiger partial charge in [-0.2, -0.15) is 0 Å². The van der Waals surface area contributed by atoms with E-state index in [2.05, 4.69) is 57.1 Å². The van der Waals surface area contributed by atoms with Gasteiger partial charge in [0.25, 0.3) is 0 Å². The molecule has 0 heterocycles. The average molecular weight is 235 g/mol. The molecule has 96 valence electrons. The molecule has 0 amide bonds. The van der Waals surface area contributed by atoms with Crippen LogP contribution in [0.1, 0.15) is 25.8 Å². The normalized spacial score (nSPS) is 11.2. The van der Waals surface area contributed by atoms with E-state index in [9.17, 15) is 0 Å². The van der Waals surface area contributed by atoms with Crippen molar-refractivity contribution in [2.24, 2.45) is 5.92 Å². The summed E-state index contributed by atoms with van der Waals surface area (Å²) in [5, 5.41) is 0. The summed E-state index contributed by atoms with van der Waals surface area (Å²) in [6.07, 6.45) is 2.35. The van der Waals surface area contributed by atoms with Crippen LogP contribution in [0.25, 0.3) is 0 Å². The van der Waals surface area contributed by atoms with Crippen LogP contribution in [-0.2, 0) is 6.42 Å². The lowest BCUT2D eigenvalue weighted by molar-refractivity contribution is 0.271. The van der Waals surface area contributed by atoms with Gasteiger partial charge in [-0.15, -0.1) is 0 Å². The number of ether oxygens (including phenoxy) is 1. The van der Waals surface area contributed by atoms with Crippen molar-refractivity contribution >= 4 is 0 Å². The standard InChI is InChI=1S/C15H25NO/c1-13(2)12-17-15-9-7-14(8-10-15)6-5-11-16(3)4/h7-10,13H,5-6,11-12H2,1-4H3. The lowest BCUT2D eigenvalue weighted by atomic mass is 10.1. The van der Waals surface area contributed by atoms with E-state index in [-0.39, 0.29) is 0 Å². The number of hydrogen-bond acceptors (Lipinski definition) is 2. The Kier molecular flexibility index (Phi) is 6.06. The predicted octanol–water partition coefficient (Wildman–Crippen LogP) is 3.22. The molecule has 2 heteroatoms. The van der Waals surface area contributed by atoms with E-state index < -0.39 is 0 Å². The van der Waals surface area contributed by atoms with Crippen LogP contribution in [0.4, 0.5) is 0 Å². The van der Waals surface area contributed by atoms with Gasteiger partial charge in [0.2, 0.25) is 0 Å². The van der Waals surface area contributed by atoms with Gasteiger partial charge in [0.15, 0.2) is 0 Å². The van der Waals surface area contributed by atoms with Crippen molar-refractivity contribution in [2.45, 2.75) is 26.7 Å². The molecule has 2 nitrogen and oxygen atoms in total. The fraction of sp³-hybridized carbons (Fsp3) is 0.600. The highest BCUT2D eigenvalue weighted by Gasteiger charge is 1.98. The van der Waals surface area contributed by atoms with Crippen LogP contribution in [0.2, 0.25) is 0 Å². The molecule has 0 radical (unpaired) electrons. The minimum absolute atomic E-state index is 0.578. The first kappa shape index (κ1) is 14.0. The van der Waals surface area contributed by atoms with Gasteiger partial charge in [0.05, 0.1) is 6.61 Å². The van der Waals surface area contributed by atoms with E-state index in [1.165, 1.54) is 12.0 Å². The maximum absolute atomic E-state index is 5.66. The predicted molar refractivity (Wildman–Crippen MR) is 73.7 cm³/mol. The van der Waals surface area contributed by atoms with Gasteiger partial charge in [0, 0.05) is 0 Å². The first-order valence-electron chi connectivity index (χ1n) is 6.44. The van der Waals surface area contributed by atoms with Crippen LogP contribution in [0.3, 0.4) is 0 Å². The molecular weight excluding hydrogens is 210 g/mol. The van der Waals surface area contributed by atoms with Crippen molar-refractivity contribution < 1.29 is 4.74 Å². The van der Waals surface area contributed by atoms with E-state index in [0.29, 0.717) is 5.92 Å². The van der Waals surface area contributed by atoms with Crippen molar-refractivity contribution in [3.8, 4) is 5.75 Å². The topological polar surface area (TPSA) is 12.5 Å². The van der Waals surface area contributed by atoms with Gasteiger partial charge in [-0.25, -0.2) is 0 Å². The summed E-state index contributed by atoms with van der Waals surface area (Å²) in [6, 6.07) is 8.50. The smallest absolute Gasteiger partial charge is 0.119 e. The molecule has 0 bridgehead atoms. The van der Waals surface area contributed by atoms with Crippen molar-refractivity contribution in [1.29, 1.82) is 0 Å². The van der Waals surface area contributed by atoms with Crippen molar-refractivity contribution in [2.75, 3.05) is 27.2 Å². The van der Waals surface area contributed by atoms with E-state index in [4.69, 9.17) is 4.74 Å². The number of hydrogen-bond donors (Lipinski definition) is 0. The van der Waals surface area contributed by atoms with Gasteiger partial charge in [-0.1, -0.05) is 26.0 Å². The Morgan fingerprint density at radius 1 is 1.12 bits per heavy atom. The molecule has 0 aromatic heterocycles. The van der Waals surface area contributed by atoms with E-state index in [1.54, 1.807) is 0 Å². The number of aryl methyl sites for hydroxylation is 1. The summed E-state index contributed by atoms with van der Waals surface area (Å²) < 4.78 is 5.66.